The molecule has 2 aromatic carbocycles. The summed E-state index contributed by atoms with van der Waals surface area (Å²) in [5.41, 5.74) is 0.800. The van der Waals surface area contributed by atoms with Crippen molar-refractivity contribution < 1.29 is 31.9 Å². The van der Waals surface area contributed by atoms with Crippen molar-refractivity contribution in [2.45, 2.75) is 32.3 Å². The normalized spacial score (nSPS) is 17.0. The molecule has 1 aliphatic heterocycles. The van der Waals surface area contributed by atoms with Gasteiger partial charge in [0, 0.05) is 31.6 Å². The molecule has 2 aromatic rings. The summed E-state index contributed by atoms with van der Waals surface area (Å²) in [6.45, 7) is 0.198. The number of rotatable bonds is 6. The molecule has 0 unspecified atom stereocenters. The number of carbonyl (C=O) groups is 2. The lowest BCUT2D eigenvalue weighted by Crippen LogP contribution is -2.45. The predicted octanol–water partition coefficient (Wildman–Crippen LogP) is 3.78. The quantitative estimate of drug-likeness (QED) is 0.719. The number of halogens is 4. The molecule has 160 valence electrons. The van der Waals surface area contributed by atoms with E-state index in [9.17, 15) is 27.2 Å². The highest BCUT2D eigenvalue weighted by Crippen LogP contribution is 2.26. The van der Waals surface area contributed by atoms with E-state index in [-0.39, 0.29) is 49.2 Å². The lowest BCUT2D eigenvalue weighted by Gasteiger charge is -2.32. The number of likely N-dealkylation sites (tertiary alicyclic amines) is 1. The Bertz CT molecular complexity index is 917. The molecular weight excluding hydrogens is 404 g/mol. The van der Waals surface area contributed by atoms with Gasteiger partial charge in [0.05, 0.1) is 5.92 Å². The number of hydrogen-bond acceptors (Lipinski definition) is 3. The van der Waals surface area contributed by atoms with Gasteiger partial charge in [0.25, 0.3) is 0 Å². The minimum absolute atomic E-state index is 0.132. The van der Waals surface area contributed by atoms with Crippen LogP contribution >= 0.6 is 0 Å². The maximum atomic E-state index is 13.4. The van der Waals surface area contributed by atoms with Crippen LogP contribution in [-0.4, -0.2) is 29.6 Å². The average molecular weight is 424 g/mol. The number of alkyl halides is 3. The van der Waals surface area contributed by atoms with Crippen LogP contribution in [0.15, 0.2) is 48.5 Å². The smallest absolute Gasteiger partial charge is 0.405 e. The number of para-hydroxylation sites is 1. The fourth-order valence-electron chi connectivity index (χ4n) is 3.34. The molecule has 1 heterocycles. The van der Waals surface area contributed by atoms with E-state index < -0.39 is 18.1 Å². The van der Waals surface area contributed by atoms with Crippen LogP contribution in [0.2, 0.25) is 0 Å². The third kappa shape index (κ3) is 5.95. The van der Waals surface area contributed by atoms with Crippen molar-refractivity contribution in [3.8, 4) is 5.75 Å². The maximum Gasteiger partial charge on any atom is 0.573 e. The number of ether oxygens (including phenoxy) is 1. The van der Waals surface area contributed by atoms with Gasteiger partial charge >= 0.3 is 6.36 Å². The summed E-state index contributed by atoms with van der Waals surface area (Å²) >= 11 is 0. The second kappa shape index (κ2) is 9.15. The van der Waals surface area contributed by atoms with Gasteiger partial charge in [-0.25, -0.2) is 4.39 Å². The number of amides is 2. The first-order valence-corrected chi connectivity index (χ1v) is 9.35. The molecule has 1 saturated heterocycles. The zero-order valence-electron chi connectivity index (χ0n) is 15.9. The molecule has 0 radical (unpaired) electrons. The van der Waals surface area contributed by atoms with Crippen molar-refractivity contribution in [1.29, 1.82) is 0 Å². The van der Waals surface area contributed by atoms with E-state index in [0.29, 0.717) is 12.0 Å². The van der Waals surface area contributed by atoms with Crippen LogP contribution in [0.1, 0.15) is 24.0 Å². The fraction of sp³-hybridized carbons (Fsp3) is 0.333. The third-order valence-electron chi connectivity index (χ3n) is 4.78. The van der Waals surface area contributed by atoms with Crippen molar-refractivity contribution in [1.82, 2.24) is 10.2 Å². The van der Waals surface area contributed by atoms with Gasteiger partial charge in [-0.1, -0.05) is 30.3 Å². The van der Waals surface area contributed by atoms with Gasteiger partial charge in [-0.3, -0.25) is 9.59 Å². The maximum absolute atomic E-state index is 13.4. The second-order valence-corrected chi connectivity index (χ2v) is 7.01. The van der Waals surface area contributed by atoms with Crippen LogP contribution < -0.4 is 10.1 Å². The molecule has 0 saturated carbocycles. The molecule has 2 amide bonds. The summed E-state index contributed by atoms with van der Waals surface area (Å²) < 4.78 is 54.9. The summed E-state index contributed by atoms with van der Waals surface area (Å²) in [6, 6.07) is 11.4. The van der Waals surface area contributed by atoms with Gasteiger partial charge in [0.15, 0.2) is 0 Å². The van der Waals surface area contributed by atoms with E-state index >= 15 is 0 Å². The molecule has 1 atom stereocenters. The van der Waals surface area contributed by atoms with Crippen molar-refractivity contribution in [2.75, 3.05) is 6.54 Å². The number of hydrogen-bond donors (Lipinski definition) is 1. The molecule has 3 rings (SSSR count). The van der Waals surface area contributed by atoms with Crippen molar-refractivity contribution >= 4 is 11.8 Å². The van der Waals surface area contributed by atoms with E-state index in [1.807, 2.05) is 0 Å². The fourth-order valence-corrected chi connectivity index (χ4v) is 3.34. The van der Waals surface area contributed by atoms with Crippen molar-refractivity contribution in [3.63, 3.8) is 0 Å². The summed E-state index contributed by atoms with van der Waals surface area (Å²) in [5, 5.41) is 2.62. The zero-order valence-corrected chi connectivity index (χ0v) is 15.9. The Hall–Kier alpha value is -3.10. The first-order valence-electron chi connectivity index (χ1n) is 9.35. The Balaban J connectivity index is 1.60. The number of carbonyl (C=O) groups excluding carboxylic acids is 2. The minimum atomic E-state index is -4.83. The van der Waals surface area contributed by atoms with Gasteiger partial charge in [-0.15, -0.1) is 13.2 Å². The molecular formula is C21H20F4N2O3. The lowest BCUT2D eigenvalue weighted by molar-refractivity contribution is -0.274. The Labute approximate surface area is 170 Å². The third-order valence-corrected chi connectivity index (χ3v) is 4.78. The number of piperidine rings is 1. The molecule has 1 aliphatic rings. The summed E-state index contributed by atoms with van der Waals surface area (Å²) in [6.07, 6.45) is -4.33. The van der Waals surface area contributed by atoms with Gasteiger partial charge in [-0.2, -0.15) is 0 Å². The Morgan fingerprint density at radius 2 is 1.93 bits per heavy atom. The Morgan fingerprint density at radius 1 is 1.17 bits per heavy atom. The summed E-state index contributed by atoms with van der Waals surface area (Å²) in [4.78, 5) is 26.2. The van der Waals surface area contributed by atoms with E-state index in [1.165, 1.54) is 35.2 Å². The molecule has 9 heteroatoms. The number of nitrogens with zero attached hydrogens (tertiary/aromatic N) is 1. The largest absolute Gasteiger partial charge is 0.573 e. The van der Waals surface area contributed by atoms with Crippen molar-refractivity contribution in [3.05, 3.63) is 65.5 Å². The van der Waals surface area contributed by atoms with Crippen LogP contribution in [-0.2, 0) is 22.7 Å². The van der Waals surface area contributed by atoms with E-state index in [4.69, 9.17) is 0 Å². The zero-order chi connectivity index (χ0) is 21.7. The van der Waals surface area contributed by atoms with Crippen LogP contribution in [0.5, 0.6) is 5.75 Å². The van der Waals surface area contributed by atoms with Gasteiger partial charge in [-0.05, 0) is 30.2 Å². The highest BCUT2D eigenvalue weighted by Gasteiger charge is 2.33. The van der Waals surface area contributed by atoms with E-state index in [0.717, 1.165) is 0 Å². The molecule has 0 aromatic heterocycles. The average Bonchev–Trinajstić information content (AvgIpc) is 2.67. The van der Waals surface area contributed by atoms with Crippen LogP contribution in [0.3, 0.4) is 0 Å². The summed E-state index contributed by atoms with van der Waals surface area (Å²) in [7, 11) is 0. The van der Waals surface area contributed by atoms with Gasteiger partial charge in [0.1, 0.15) is 11.6 Å². The monoisotopic (exact) mass is 424 g/mol. The highest BCUT2D eigenvalue weighted by atomic mass is 19.4. The molecule has 1 fully saturated rings. The Kier molecular flexibility index (Phi) is 6.59. The second-order valence-electron chi connectivity index (χ2n) is 7.01. The minimum Gasteiger partial charge on any atom is -0.405 e. The van der Waals surface area contributed by atoms with Gasteiger partial charge in [0.2, 0.25) is 11.8 Å². The number of benzene rings is 2. The standard InChI is InChI=1S/C21H20F4N2O3/c22-17-6-3-4-14(10-17)12-27-13-16(8-9-19(27)28)20(29)26-11-15-5-1-2-7-18(15)30-21(23,24)25/h1-7,10,16H,8-9,11-13H2,(H,26,29)/t16-/m0/s1. The first-order chi connectivity index (χ1) is 14.2. The van der Waals surface area contributed by atoms with Crippen LogP contribution in [0.25, 0.3) is 0 Å². The van der Waals surface area contributed by atoms with Crippen LogP contribution in [0.4, 0.5) is 17.6 Å². The molecule has 0 bridgehead atoms. The predicted molar refractivity (Wildman–Crippen MR) is 99.5 cm³/mol. The van der Waals surface area contributed by atoms with Gasteiger partial charge < -0.3 is 15.0 Å². The first kappa shape index (κ1) is 21.6. The molecule has 30 heavy (non-hydrogen) atoms. The van der Waals surface area contributed by atoms with Crippen LogP contribution in [0, 0.1) is 11.7 Å². The topological polar surface area (TPSA) is 58.6 Å². The summed E-state index contributed by atoms with van der Waals surface area (Å²) in [5.74, 6) is -1.80. The molecule has 0 spiro atoms. The SMILES string of the molecule is O=C(NCc1ccccc1OC(F)(F)F)[C@H]1CCC(=O)N(Cc2cccc(F)c2)C1. The number of nitrogens with one attached hydrogen (secondary N) is 1. The van der Waals surface area contributed by atoms with E-state index in [2.05, 4.69) is 10.1 Å². The highest BCUT2D eigenvalue weighted by molar-refractivity contribution is 5.83. The van der Waals surface area contributed by atoms with E-state index in [1.54, 1.807) is 18.2 Å². The lowest BCUT2D eigenvalue weighted by atomic mass is 9.96. The van der Waals surface area contributed by atoms with Crippen molar-refractivity contribution in [2.24, 2.45) is 5.92 Å². The molecule has 5 nitrogen and oxygen atoms in total. The molecule has 0 aliphatic carbocycles. The Morgan fingerprint density at radius 3 is 2.67 bits per heavy atom. The molecule has 1 N–H and O–H groups in total.